The van der Waals surface area contributed by atoms with Crippen molar-refractivity contribution in [3.63, 3.8) is 0 Å². The van der Waals surface area contributed by atoms with Crippen LogP contribution >= 0.6 is 0 Å². The Morgan fingerprint density at radius 2 is 2.06 bits per heavy atom. The maximum atomic E-state index is 10.3. The van der Waals surface area contributed by atoms with Crippen LogP contribution in [-0.4, -0.2) is 48.6 Å². The predicted octanol–water partition coefficient (Wildman–Crippen LogP) is -0.996. The molecule has 90 valence electrons. The van der Waals surface area contributed by atoms with Gasteiger partial charge in [-0.3, -0.25) is 4.79 Å². The fourth-order valence-corrected chi connectivity index (χ4v) is 1.19. The largest absolute Gasteiger partial charge is 0.465 e. The van der Waals surface area contributed by atoms with Crippen LogP contribution < -0.4 is 0 Å². The summed E-state index contributed by atoms with van der Waals surface area (Å²) in [6.45, 7) is 0.641. The summed E-state index contributed by atoms with van der Waals surface area (Å²) < 4.78 is 9.02. The molecule has 1 saturated heterocycles. The minimum absolute atomic E-state index is 0.0579. The summed E-state index contributed by atoms with van der Waals surface area (Å²) in [5.41, 5.74) is 0.648. The smallest absolute Gasteiger partial charge is 0.331 e. The number of hydrogen-bond donors (Lipinski definition) is 2. The van der Waals surface area contributed by atoms with Gasteiger partial charge in [0, 0.05) is 18.6 Å². The first-order chi connectivity index (χ1) is 7.65. The van der Waals surface area contributed by atoms with E-state index in [9.17, 15) is 9.59 Å². The molecule has 0 aromatic rings. The number of hydrogen-bond acceptors (Lipinski definition) is 6. The van der Waals surface area contributed by atoms with Crippen molar-refractivity contribution in [1.29, 1.82) is 0 Å². The number of carbonyl (C=O) groups is 2. The molecular weight excluding hydrogens is 216 g/mol. The van der Waals surface area contributed by atoms with E-state index in [1.807, 2.05) is 0 Å². The number of aliphatic hydroxyl groups excluding tert-OH is 2. The molecule has 0 aromatic heterocycles. The second-order valence-corrected chi connectivity index (χ2v) is 3.50. The van der Waals surface area contributed by atoms with Crippen molar-refractivity contribution in [3.8, 4) is 0 Å². The molecule has 2 rings (SSSR count). The summed E-state index contributed by atoms with van der Waals surface area (Å²) in [6.07, 6.45) is 1.69. The topological polar surface area (TPSA) is 93.1 Å². The summed E-state index contributed by atoms with van der Waals surface area (Å²) in [4.78, 5) is 20.5. The summed E-state index contributed by atoms with van der Waals surface area (Å²) in [6, 6.07) is 0. The van der Waals surface area contributed by atoms with Crippen molar-refractivity contribution < 1.29 is 29.3 Å². The predicted molar refractivity (Wildman–Crippen MR) is 52.3 cm³/mol. The van der Waals surface area contributed by atoms with E-state index in [0.717, 1.165) is 0 Å². The van der Waals surface area contributed by atoms with Gasteiger partial charge in [-0.1, -0.05) is 0 Å². The number of rotatable bonds is 2. The van der Waals surface area contributed by atoms with Crippen LogP contribution in [0.15, 0.2) is 11.6 Å². The van der Waals surface area contributed by atoms with Crippen LogP contribution in [0.5, 0.6) is 0 Å². The lowest BCUT2D eigenvalue weighted by atomic mass is 10.1. The van der Waals surface area contributed by atoms with E-state index < -0.39 is 0 Å². The molecule has 0 aliphatic carbocycles. The van der Waals surface area contributed by atoms with Crippen LogP contribution in [0.3, 0.4) is 0 Å². The Labute approximate surface area is 92.5 Å². The zero-order chi connectivity index (χ0) is 12.0. The molecule has 6 nitrogen and oxygen atoms in total. The summed E-state index contributed by atoms with van der Waals surface area (Å²) >= 11 is 0. The average molecular weight is 230 g/mol. The summed E-state index contributed by atoms with van der Waals surface area (Å²) in [5, 5.41) is 16.8. The highest BCUT2D eigenvalue weighted by molar-refractivity contribution is 5.85. The molecule has 6 heteroatoms. The van der Waals surface area contributed by atoms with Crippen LogP contribution in [0.2, 0.25) is 0 Å². The third-order valence-corrected chi connectivity index (χ3v) is 2.12. The standard InChI is InChI=1S/C5H8O3.C5H6O3/c2*6-2-4-1-5(7)8-3-4/h4,6H,1-3H2;1,6H,2-3H2. The van der Waals surface area contributed by atoms with Crippen molar-refractivity contribution >= 4 is 11.9 Å². The number of ether oxygens (including phenoxy) is 2. The lowest BCUT2D eigenvalue weighted by Crippen LogP contribution is -2.03. The average Bonchev–Trinajstić information content (AvgIpc) is 2.88. The minimum Gasteiger partial charge on any atom is -0.465 e. The van der Waals surface area contributed by atoms with E-state index in [0.29, 0.717) is 18.6 Å². The Morgan fingerprint density at radius 1 is 1.31 bits per heavy atom. The van der Waals surface area contributed by atoms with Gasteiger partial charge >= 0.3 is 11.9 Å². The Morgan fingerprint density at radius 3 is 2.31 bits per heavy atom. The maximum absolute atomic E-state index is 10.3. The quantitative estimate of drug-likeness (QED) is 0.591. The molecule has 1 atom stereocenters. The van der Waals surface area contributed by atoms with E-state index in [1.54, 1.807) is 0 Å². The molecule has 2 heterocycles. The van der Waals surface area contributed by atoms with Crippen molar-refractivity contribution in [2.24, 2.45) is 5.92 Å². The molecule has 2 aliphatic rings. The zero-order valence-electron chi connectivity index (χ0n) is 8.72. The molecule has 1 fully saturated rings. The fraction of sp³-hybridized carbons (Fsp3) is 0.600. The number of aliphatic hydroxyl groups is 2. The van der Waals surface area contributed by atoms with Crippen LogP contribution in [-0.2, 0) is 19.1 Å². The minimum atomic E-state index is -0.353. The molecule has 2 N–H and O–H groups in total. The molecule has 0 amide bonds. The van der Waals surface area contributed by atoms with Crippen LogP contribution in [0.1, 0.15) is 6.42 Å². The Balaban J connectivity index is 0.000000160. The van der Waals surface area contributed by atoms with E-state index in [-0.39, 0.29) is 37.7 Å². The molecular formula is C10H14O6. The maximum Gasteiger partial charge on any atom is 0.331 e. The molecule has 0 bridgehead atoms. The zero-order valence-corrected chi connectivity index (χ0v) is 8.72. The van der Waals surface area contributed by atoms with Crippen LogP contribution in [0.4, 0.5) is 0 Å². The Hall–Kier alpha value is -1.40. The first-order valence-corrected chi connectivity index (χ1v) is 4.89. The van der Waals surface area contributed by atoms with Gasteiger partial charge in [0.25, 0.3) is 0 Å². The van der Waals surface area contributed by atoms with Crippen molar-refractivity contribution in [2.75, 3.05) is 26.4 Å². The molecule has 2 aliphatic heterocycles. The van der Waals surface area contributed by atoms with Gasteiger partial charge in [0.05, 0.1) is 19.6 Å². The summed E-state index contributed by atoms with van der Waals surface area (Å²) in [5.74, 6) is -0.486. The van der Waals surface area contributed by atoms with Crippen molar-refractivity contribution in [2.45, 2.75) is 6.42 Å². The lowest BCUT2D eigenvalue weighted by molar-refractivity contribution is -0.138. The monoisotopic (exact) mass is 230 g/mol. The molecule has 0 radical (unpaired) electrons. The highest BCUT2D eigenvalue weighted by Crippen LogP contribution is 2.11. The van der Waals surface area contributed by atoms with Gasteiger partial charge in [0.2, 0.25) is 0 Å². The van der Waals surface area contributed by atoms with Crippen LogP contribution in [0.25, 0.3) is 0 Å². The van der Waals surface area contributed by atoms with E-state index in [2.05, 4.69) is 9.47 Å². The van der Waals surface area contributed by atoms with E-state index >= 15 is 0 Å². The Kier molecular flexibility index (Phi) is 4.94. The van der Waals surface area contributed by atoms with Gasteiger partial charge in [0.1, 0.15) is 6.61 Å². The van der Waals surface area contributed by atoms with Gasteiger partial charge in [0.15, 0.2) is 0 Å². The second kappa shape index (κ2) is 6.24. The summed E-state index contributed by atoms with van der Waals surface area (Å²) in [7, 11) is 0. The van der Waals surface area contributed by atoms with Crippen molar-refractivity contribution in [1.82, 2.24) is 0 Å². The first-order valence-electron chi connectivity index (χ1n) is 4.89. The number of cyclic esters (lactones) is 2. The highest BCUT2D eigenvalue weighted by Gasteiger charge is 2.22. The normalized spacial score (nSPS) is 23.1. The molecule has 16 heavy (non-hydrogen) atoms. The number of esters is 2. The van der Waals surface area contributed by atoms with Gasteiger partial charge in [-0.2, -0.15) is 0 Å². The molecule has 0 aromatic carbocycles. The van der Waals surface area contributed by atoms with Gasteiger partial charge in [-0.25, -0.2) is 4.79 Å². The number of carbonyl (C=O) groups excluding carboxylic acids is 2. The Bertz CT molecular complexity index is 296. The fourth-order valence-electron chi connectivity index (χ4n) is 1.19. The molecule has 0 spiro atoms. The highest BCUT2D eigenvalue weighted by atomic mass is 16.5. The molecule has 1 unspecified atom stereocenters. The molecule has 0 saturated carbocycles. The third-order valence-electron chi connectivity index (χ3n) is 2.12. The van der Waals surface area contributed by atoms with E-state index in [4.69, 9.17) is 10.2 Å². The second-order valence-electron chi connectivity index (χ2n) is 3.50. The van der Waals surface area contributed by atoms with Gasteiger partial charge in [-0.15, -0.1) is 0 Å². The van der Waals surface area contributed by atoms with Gasteiger partial charge in [-0.05, 0) is 5.57 Å². The third kappa shape index (κ3) is 4.00. The van der Waals surface area contributed by atoms with Crippen molar-refractivity contribution in [3.05, 3.63) is 11.6 Å². The lowest BCUT2D eigenvalue weighted by Gasteiger charge is -1.94. The SMILES string of the molecule is O=C1C=C(CO)CO1.O=C1CC(CO)CO1. The van der Waals surface area contributed by atoms with E-state index in [1.165, 1.54) is 6.08 Å². The first kappa shape index (κ1) is 12.7. The van der Waals surface area contributed by atoms with Gasteiger partial charge < -0.3 is 19.7 Å². The van der Waals surface area contributed by atoms with Crippen LogP contribution in [0, 0.1) is 5.92 Å².